The summed E-state index contributed by atoms with van der Waals surface area (Å²) in [6.45, 7) is 4.60. The molecule has 0 unspecified atom stereocenters. The van der Waals surface area contributed by atoms with Gasteiger partial charge in [-0.25, -0.2) is 0 Å². The van der Waals surface area contributed by atoms with Crippen molar-refractivity contribution < 1.29 is 8.83 Å². The Kier molecular flexibility index (Phi) is 2.84. The highest BCUT2D eigenvalue weighted by molar-refractivity contribution is 5.82. The Bertz CT molecular complexity index is 1060. The molecule has 3 aromatic rings. The van der Waals surface area contributed by atoms with Crippen LogP contribution >= 0.6 is 0 Å². The zero-order valence-corrected chi connectivity index (χ0v) is 16.7. The lowest BCUT2D eigenvalue weighted by Crippen LogP contribution is -2.62. The van der Waals surface area contributed by atoms with Gasteiger partial charge in [-0.2, -0.15) is 0 Å². The summed E-state index contributed by atoms with van der Waals surface area (Å²) in [4.78, 5) is 2.77. The second kappa shape index (κ2) is 5.06. The molecular weight excluding hydrogens is 346 g/mol. The van der Waals surface area contributed by atoms with Gasteiger partial charge in [-0.05, 0) is 81.3 Å². The van der Waals surface area contributed by atoms with Gasteiger partial charge in [0, 0.05) is 11.8 Å². The summed E-state index contributed by atoms with van der Waals surface area (Å²) in [5.41, 5.74) is 6.14. The van der Waals surface area contributed by atoms with E-state index in [9.17, 15) is 0 Å². The summed E-state index contributed by atoms with van der Waals surface area (Å²) in [5, 5.41) is 0. The molecule has 3 heteroatoms. The number of para-hydroxylation sites is 1. The lowest BCUT2D eigenvalue weighted by molar-refractivity contribution is -0.0599. The Labute approximate surface area is 165 Å². The third kappa shape index (κ3) is 1.65. The van der Waals surface area contributed by atoms with Crippen LogP contribution in [0, 0.1) is 30.6 Å². The second-order valence-electron chi connectivity index (χ2n) is 9.92. The van der Waals surface area contributed by atoms with Crippen LogP contribution < -0.4 is 4.90 Å². The molecular formula is C25H27NO2. The lowest BCUT2D eigenvalue weighted by Gasteiger charge is -2.63. The van der Waals surface area contributed by atoms with Crippen LogP contribution in [0.15, 0.2) is 45.4 Å². The first-order valence-corrected chi connectivity index (χ1v) is 11.0. The van der Waals surface area contributed by atoms with Crippen molar-refractivity contribution in [2.75, 3.05) is 4.90 Å². The molecule has 4 saturated carbocycles. The fourth-order valence-corrected chi connectivity index (χ4v) is 8.02. The predicted octanol–water partition coefficient (Wildman–Crippen LogP) is 6.57. The molecule has 2 aromatic heterocycles. The minimum Gasteiger partial charge on any atom is -0.460 e. The molecule has 1 aromatic carbocycles. The minimum absolute atomic E-state index is 0.0391. The monoisotopic (exact) mass is 373 g/mol. The molecule has 1 spiro atoms. The summed E-state index contributed by atoms with van der Waals surface area (Å²) in [5.74, 6) is 4.44. The standard InChI is InChI=1S/C25H27NO2/c1-14-5-3-4-6-20(14)26-15(2)23-22(24-21(28-23)7-8-27-24)25(26)18-10-16-9-17(12-18)13-19(25)11-16/h3-8,15-19H,9-13H2,1-2H3/t15-,16?,17?,18?,19?,25?/m0/s1. The minimum atomic E-state index is 0.0391. The van der Waals surface area contributed by atoms with Gasteiger partial charge in [0.15, 0.2) is 11.2 Å². The molecule has 1 atom stereocenters. The first-order valence-electron chi connectivity index (χ1n) is 11.0. The molecule has 8 rings (SSSR count). The molecule has 4 bridgehead atoms. The Balaban J connectivity index is 1.55. The fourth-order valence-electron chi connectivity index (χ4n) is 8.02. The van der Waals surface area contributed by atoms with Crippen LogP contribution in [0.5, 0.6) is 0 Å². The van der Waals surface area contributed by atoms with Crippen LogP contribution in [0.3, 0.4) is 0 Å². The summed E-state index contributed by atoms with van der Waals surface area (Å²) in [6.07, 6.45) is 8.75. The third-order valence-corrected chi connectivity index (χ3v) is 8.65. The Hall–Kier alpha value is -2.16. The van der Waals surface area contributed by atoms with E-state index in [4.69, 9.17) is 8.83 Å². The van der Waals surface area contributed by atoms with Crippen molar-refractivity contribution in [2.24, 2.45) is 23.7 Å². The highest BCUT2D eigenvalue weighted by Crippen LogP contribution is 2.70. The van der Waals surface area contributed by atoms with Crippen molar-refractivity contribution in [1.29, 1.82) is 0 Å². The Morgan fingerprint density at radius 1 is 0.964 bits per heavy atom. The van der Waals surface area contributed by atoms with Crippen LogP contribution in [-0.2, 0) is 5.54 Å². The van der Waals surface area contributed by atoms with Gasteiger partial charge in [-0.3, -0.25) is 0 Å². The molecule has 1 aliphatic heterocycles. The van der Waals surface area contributed by atoms with E-state index in [-0.39, 0.29) is 11.6 Å². The number of hydrogen-bond donors (Lipinski definition) is 0. The van der Waals surface area contributed by atoms with Crippen LogP contribution in [0.4, 0.5) is 5.69 Å². The van der Waals surface area contributed by atoms with Crippen molar-refractivity contribution in [3.8, 4) is 0 Å². The van der Waals surface area contributed by atoms with Crippen molar-refractivity contribution in [3.05, 3.63) is 53.5 Å². The zero-order chi connectivity index (χ0) is 18.6. The average Bonchev–Trinajstić information content (AvgIpc) is 3.32. The number of nitrogens with zero attached hydrogens (tertiary/aromatic N) is 1. The maximum absolute atomic E-state index is 6.45. The van der Waals surface area contributed by atoms with Gasteiger partial charge in [0.25, 0.3) is 0 Å². The lowest BCUT2D eigenvalue weighted by atomic mass is 9.47. The van der Waals surface area contributed by atoms with E-state index in [0.717, 1.165) is 28.8 Å². The number of benzene rings is 1. The molecule has 144 valence electrons. The van der Waals surface area contributed by atoms with E-state index < -0.39 is 0 Å². The van der Waals surface area contributed by atoms with Crippen molar-refractivity contribution in [3.63, 3.8) is 0 Å². The number of hydrogen-bond acceptors (Lipinski definition) is 3. The first kappa shape index (κ1) is 15.7. The van der Waals surface area contributed by atoms with Crippen molar-refractivity contribution in [2.45, 2.75) is 57.5 Å². The molecule has 3 heterocycles. The summed E-state index contributed by atoms with van der Waals surface area (Å²) in [6, 6.07) is 11.2. The quantitative estimate of drug-likeness (QED) is 0.483. The van der Waals surface area contributed by atoms with E-state index in [0.29, 0.717) is 11.8 Å². The first-order chi connectivity index (χ1) is 13.7. The highest BCUT2D eigenvalue weighted by Gasteiger charge is 2.66. The summed E-state index contributed by atoms with van der Waals surface area (Å²) < 4.78 is 12.5. The van der Waals surface area contributed by atoms with E-state index in [1.165, 1.54) is 48.9 Å². The second-order valence-corrected chi connectivity index (χ2v) is 9.92. The molecule has 5 aliphatic rings. The van der Waals surface area contributed by atoms with Gasteiger partial charge in [0.2, 0.25) is 0 Å². The Morgan fingerprint density at radius 2 is 1.68 bits per heavy atom. The number of furan rings is 2. The van der Waals surface area contributed by atoms with E-state index in [1.54, 1.807) is 6.26 Å². The van der Waals surface area contributed by atoms with Gasteiger partial charge in [0.05, 0.1) is 23.4 Å². The topological polar surface area (TPSA) is 29.5 Å². The Morgan fingerprint density at radius 3 is 2.39 bits per heavy atom. The van der Waals surface area contributed by atoms with Crippen LogP contribution in [0.1, 0.15) is 62.0 Å². The average molecular weight is 373 g/mol. The number of fused-ring (bicyclic) bond motifs is 3. The maximum Gasteiger partial charge on any atom is 0.178 e. The van der Waals surface area contributed by atoms with E-state index in [1.807, 2.05) is 6.07 Å². The van der Waals surface area contributed by atoms with Crippen molar-refractivity contribution >= 4 is 16.9 Å². The molecule has 4 fully saturated rings. The number of rotatable bonds is 1. The zero-order valence-electron chi connectivity index (χ0n) is 16.7. The maximum atomic E-state index is 6.45. The highest BCUT2D eigenvalue weighted by atomic mass is 16.4. The van der Waals surface area contributed by atoms with Gasteiger partial charge in [0.1, 0.15) is 5.76 Å². The normalized spacial score (nSPS) is 38.1. The van der Waals surface area contributed by atoms with Gasteiger partial charge >= 0.3 is 0 Å². The third-order valence-electron chi connectivity index (χ3n) is 8.65. The smallest absolute Gasteiger partial charge is 0.178 e. The van der Waals surface area contributed by atoms with Crippen molar-refractivity contribution in [1.82, 2.24) is 0 Å². The number of anilines is 1. The van der Waals surface area contributed by atoms with Crippen LogP contribution in [0.2, 0.25) is 0 Å². The van der Waals surface area contributed by atoms with Gasteiger partial charge in [-0.1, -0.05) is 18.2 Å². The predicted molar refractivity (Wildman–Crippen MR) is 109 cm³/mol. The number of aryl methyl sites for hydroxylation is 1. The SMILES string of the molecule is Cc1ccccc1N1[C@@H](C)c2oc3ccoc3c2C12C1CC3CC(C1)CC2C3. The molecule has 0 radical (unpaired) electrons. The molecule has 28 heavy (non-hydrogen) atoms. The fraction of sp³-hybridized carbons (Fsp3) is 0.520. The van der Waals surface area contributed by atoms with Gasteiger partial charge in [-0.15, -0.1) is 0 Å². The summed E-state index contributed by atoms with van der Waals surface area (Å²) in [7, 11) is 0. The van der Waals surface area contributed by atoms with Crippen LogP contribution in [-0.4, -0.2) is 0 Å². The molecule has 3 nitrogen and oxygen atoms in total. The largest absolute Gasteiger partial charge is 0.460 e. The summed E-state index contributed by atoms with van der Waals surface area (Å²) >= 11 is 0. The molecule has 4 aliphatic carbocycles. The van der Waals surface area contributed by atoms with Crippen LogP contribution in [0.25, 0.3) is 11.2 Å². The van der Waals surface area contributed by atoms with E-state index >= 15 is 0 Å². The molecule has 0 saturated heterocycles. The van der Waals surface area contributed by atoms with Gasteiger partial charge < -0.3 is 13.7 Å². The molecule has 0 amide bonds. The molecule has 0 N–H and O–H groups in total. The van der Waals surface area contributed by atoms with E-state index in [2.05, 4.69) is 43.0 Å².